The predicted octanol–water partition coefficient (Wildman–Crippen LogP) is 2.40. The summed E-state index contributed by atoms with van der Waals surface area (Å²) in [5, 5.41) is 9.30. The average molecular weight is 384 g/mol. The zero-order valence-corrected chi connectivity index (χ0v) is 15.6. The lowest BCUT2D eigenvalue weighted by Gasteiger charge is -2.28. The molecule has 1 aromatic rings. The minimum atomic E-state index is -0.360. The Balaban J connectivity index is 0.00000243. The summed E-state index contributed by atoms with van der Waals surface area (Å²) >= 11 is 0. The first-order chi connectivity index (χ1) is 12.1. The molecule has 7 heteroatoms. The second-order valence-corrected chi connectivity index (χ2v) is 7.15. The summed E-state index contributed by atoms with van der Waals surface area (Å²) < 4.78 is 12.8. The number of piperidine rings is 1. The number of hydrogen-bond acceptors (Lipinski definition) is 3. The van der Waals surface area contributed by atoms with Crippen LogP contribution in [0.5, 0.6) is 0 Å². The Kier molecular flexibility index (Phi) is 7.85. The molecule has 2 heterocycles. The van der Waals surface area contributed by atoms with Crippen LogP contribution in [0.25, 0.3) is 0 Å². The Hall–Kier alpha value is -1.66. The third-order valence-corrected chi connectivity index (χ3v) is 5.11. The minimum Gasteiger partial charge on any atom is -0.356 e. The van der Waals surface area contributed by atoms with E-state index in [0.717, 1.165) is 12.8 Å². The molecule has 0 aromatic heterocycles. The first kappa shape index (κ1) is 20.6. The molecule has 3 N–H and O–H groups in total. The Bertz CT molecular complexity index is 599. The fourth-order valence-corrected chi connectivity index (χ4v) is 3.90. The summed E-state index contributed by atoms with van der Waals surface area (Å²) in [5.41, 5.74) is 0.436. The van der Waals surface area contributed by atoms with Gasteiger partial charge < -0.3 is 16.0 Å². The number of hydrogen-bond donors (Lipinski definition) is 3. The van der Waals surface area contributed by atoms with Gasteiger partial charge in [-0.3, -0.25) is 9.59 Å². The summed E-state index contributed by atoms with van der Waals surface area (Å²) in [6.45, 7) is 1.04. The van der Waals surface area contributed by atoms with Gasteiger partial charge in [0.15, 0.2) is 0 Å². The zero-order chi connectivity index (χ0) is 17.6. The molecule has 26 heavy (non-hydrogen) atoms. The van der Waals surface area contributed by atoms with Crippen LogP contribution in [-0.4, -0.2) is 37.0 Å². The highest BCUT2D eigenvalue weighted by Gasteiger charge is 2.33. The molecule has 2 aliphatic rings. The van der Waals surface area contributed by atoms with Crippen molar-refractivity contribution in [2.24, 2.45) is 5.92 Å². The Morgan fingerprint density at radius 3 is 2.31 bits per heavy atom. The number of carbonyl (C=O) groups excluding carboxylic acids is 2. The van der Waals surface area contributed by atoms with Crippen LogP contribution in [0, 0.1) is 11.7 Å². The zero-order valence-electron chi connectivity index (χ0n) is 14.8. The highest BCUT2D eigenvalue weighted by atomic mass is 35.5. The largest absolute Gasteiger partial charge is 0.356 e. The quantitative estimate of drug-likeness (QED) is 0.633. The Morgan fingerprint density at radius 2 is 1.65 bits per heavy atom. The molecule has 2 amide bonds. The highest BCUT2D eigenvalue weighted by Crippen LogP contribution is 2.32. The van der Waals surface area contributed by atoms with E-state index in [1.807, 2.05) is 0 Å². The molecule has 0 spiro atoms. The molecule has 2 unspecified atom stereocenters. The molecule has 2 saturated heterocycles. The minimum absolute atomic E-state index is 0. The van der Waals surface area contributed by atoms with Gasteiger partial charge in [-0.05, 0) is 62.3 Å². The maximum absolute atomic E-state index is 12.8. The van der Waals surface area contributed by atoms with Gasteiger partial charge in [0, 0.05) is 37.2 Å². The van der Waals surface area contributed by atoms with E-state index in [0.29, 0.717) is 49.5 Å². The molecule has 2 fully saturated rings. The maximum atomic E-state index is 12.8. The third kappa shape index (κ3) is 5.95. The molecule has 5 nitrogen and oxygen atoms in total. The molecule has 2 aliphatic heterocycles. The maximum Gasteiger partial charge on any atom is 0.251 e. The third-order valence-electron chi connectivity index (χ3n) is 5.11. The van der Waals surface area contributed by atoms with Crippen molar-refractivity contribution in [3.05, 3.63) is 35.6 Å². The van der Waals surface area contributed by atoms with Crippen molar-refractivity contribution in [2.45, 2.75) is 50.6 Å². The topological polar surface area (TPSA) is 70.2 Å². The molecule has 0 aliphatic carbocycles. The standard InChI is InChI=1S/C19H26FN3O2.ClH/c20-15-4-2-14(3-5-15)19(25)22-9-1-8-21-18(24)12-13-10-16-6-7-17(11-13)23-16;/h2-5,13,16-17,23H,1,6-12H2,(H,21,24)(H,22,25);1H. The Morgan fingerprint density at radius 1 is 1.04 bits per heavy atom. The van der Waals surface area contributed by atoms with Crippen molar-refractivity contribution in [3.8, 4) is 0 Å². The second kappa shape index (κ2) is 9.88. The fraction of sp³-hybridized carbons (Fsp3) is 0.579. The molecule has 1 aromatic carbocycles. The number of halogens is 2. The number of carbonyl (C=O) groups is 2. The SMILES string of the molecule is Cl.O=C(CC1CC2CCC(C1)N2)NCCCNC(=O)c1ccc(F)cc1. The molecule has 3 rings (SSSR count). The van der Waals surface area contributed by atoms with Gasteiger partial charge in [0.2, 0.25) is 5.91 Å². The van der Waals surface area contributed by atoms with Gasteiger partial charge in [0.25, 0.3) is 5.91 Å². The lowest BCUT2D eigenvalue weighted by atomic mass is 9.89. The van der Waals surface area contributed by atoms with Crippen molar-refractivity contribution in [1.82, 2.24) is 16.0 Å². The van der Waals surface area contributed by atoms with Crippen LogP contribution in [0.4, 0.5) is 4.39 Å². The van der Waals surface area contributed by atoms with E-state index in [9.17, 15) is 14.0 Å². The summed E-state index contributed by atoms with van der Waals surface area (Å²) in [7, 11) is 0. The van der Waals surface area contributed by atoms with Gasteiger partial charge in [-0.2, -0.15) is 0 Å². The average Bonchev–Trinajstić information content (AvgIpc) is 2.93. The summed E-state index contributed by atoms with van der Waals surface area (Å²) in [6.07, 6.45) is 6.00. The van der Waals surface area contributed by atoms with E-state index in [1.54, 1.807) is 0 Å². The van der Waals surface area contributed by atoms with E-state index in [2.05, 4.69) is 16.0 Å². The van der Waals surface area contributed by atoms with Gasteiger partial charge in [0.05, 0.1) is 0 Å². The molecular formula is C19H27ClFN3O2. The van der Waals surface area contributed by atoms with Crippen LogP contribution >= 0.6 is 12.4 Å². The summed E-state index contributed by atoms with van der Waals surface area (Å²) in [5.74, 6) is 0.0191. The van der Waals surface area contributed by atoms with E-state index < -0.39 is 0 Å². The van der Waals surface area contributed by atoms with Gasteiger partial charge >= 0.3 is 0 Å². The number of fused-ring (bicyclic) bond motifs is 2. The van der Waals surface area contributed by atoms with Gasteiger partial charge in [0.1, 0.15) is 5.82 Å². The van der Waals surface area contributed by atoms with Crippen molar-refractivity contribution in [1.29, 1.82) is 0 Å². The van der Waals surface area contributed by atoms with Gasteiger partial charge in [-0.1, -0.05) is 0 Å². The summed E-state index contributed by atoms with van der Waals surface area (Å²) in [6, 6.07) is 6.66. The van der Waals surface area contributed by atoms with Crippen LogP contribution in [0.3, 0.4) is 0 Å². The van der Waals surface area contributed by atoms with Crippen molar-refractivity contribution < 1.29 is 14.0 Å². The van der Waals surface area contributed by atoms with Gasteiger partial charge in [-0.25, -0.2) is 4.39 Å². The number of benzene rings is 1. The van der Waals surface area contributed by atoms with E-state index in [4.69, 9.17) is 0 Å². The van der Waals surface area contributed by atoms with Crippen molar-refractivity contribution in [2.75, 3.05) is 13.1 Å². The molecule has 144 valence electrons. The highest BCUT2D eigenvalue weighted by molar-refractivity contribution is 5.94. The van der Waals surface area contributed by atoms with Crippen molar-refractivity contribution >= 4 is 24.2 Å². The monoisotopic (exact) mass is 383 g/mol. The molecule has 2 atom stereocenters. The second-order valence-electron chi connectivity index (χ2n) is 7.15. The van der Waals surface area contributed by atoms with E-state index in [1.165, 1.54) is 37.1 Å². The number of rotatable bonds is 7. The first-order valence-corrected chi connectivity index (χ1v) is 9.16. The first-order valence-electron chi connectivity index (χ1n) is 9.16. The molecular weight excluding hydrogens is 357 g/mol. The molecule has 0 saturated carbocycles. The molecule has 0 radical (unpaired) electrons. The van der Waals surface area contributed by atoms with Crippen LogP contribution in [0.15, 0.2) is 24.3 Å². The van der Waals surface area contributed by atoms with Crippen LogP contribution in [-0.2, 0) is 4.79 Å². The Labute approximate surface area is 159 Å². The van der Waals surface area contributed by atoms with E-state index in [-0.39, 0.29) is 30.0 Å². The lowest BCUT2D eigenvalue weighted by molar-refractivity contribution is -0.122. The van der Waals surface area contributed by atoms with Crippen LogP contribution < -0.4 is 16.0 Å². The van der Waals surface area contributed by atoms with Gasteiger partial charge in [-0.15, -0.1) is 12.4 Å². The normalized spacial score (nSPS) is 23.8. The van der Waals surface area contributed by atoms with Crippen molar-refractivity contribution in [3.63, 3.8) is 0 Å². The summed E-state index contributed by atoms with van der Waals surface area (Å²) in [4.78, 5) is 23.9. The van der Waals surface area contributed by atoms with Crippen LogP contribution in [0.2, 0.25) is 0 Å². The van der Waals surface area contributed by atoms with E-state index >= 15 is 0 Å². The smallest absolute Gasteiger partial charge is 0.251 e. The fourth-order valence-electron chi connectivity index (χ4n) is 3.90. The van der Waals surface area contributed by atoms with Crippen LogP contribution in [0.1, 0.15) is 48.9 Å². The lowest BCUT2D eigenvalue weighted by Crippen LogP contribution is -2.40. The predicted molar refractivity (Wildman–Crippen MR) is 101 cm³/mol. The molecule has 2 bridgehead atoms. The number of nitrogens with one attached hydrogen (secondary N) is 3. The number of amides is 2.